The minimum Gasteiger partial charge on any atom is -0.481 e. The van der Waals surface area contributed by atoms with Crippen molar-refractivity contribution < 1.29 is 33.6 Å². The number of rotatable bonds is 16. The zero-order chi connectivity index (χ0) is 28.0. The van der Waals surface area contributed by atoms with E-state index in [1.165, 1.54) is 0 Å². The number of hydrogen-bond acceptors (Lipinski definition) is 6. The summed E-state index contributed by atoms with van der Waals surface area (Å²) < 4.78 is 24.7. The maximum atomic E-state index is 13.2. The molecular weight excluding hydrogens is 496 g/mol. The van der Waals surface area contributed by atoms with E-state index >= 15 is 0 Å². The third-order valence-corrected chi connectivity index (χ3v) is 8.46. The lowest BCUT2D eigenvalue weighted by Crippen LogP contribution is -2.32. The quantitative estimate of drug-likeness (QED) is 0.211. The van der Waals surface area contributed by atoms with Crippen molar-refractivity contribution in [3.63, 3.8) is 0 Å². The van der Waals surface area contributed by atoms with Gasteiger partial charge in [-0.3, -0.25) is 9.59 Å². The fourth-order valence-corrected chi connectivity index (χ4v) is 5.78. The second-order valence-electron chi connectivity index (χ2n) is 11.7. The van der Waals surface area contributed by atoms with Gasteiger partial charge in [-0.15, -0.1) is 0 Å². The molecule has 1 aliphatic carbocycles. The summed E-state index contributed by atoms with van der Waals surface area (Å²) in [6, 6.07) is 0. The van der Waals surface area contributed by atoms with E-state index in [1.54, 1.807) is 6.92 Å². The Labute approximate surface area is 235 Å². The van der Waals surface area contributed by atoms with Crippen LogP contribution in [-0.2, 0) is 28.5 Å². The maximum Gasteiger partial charge on any atom is 0.306 e. The molecule has 0 amide bonds. The highest BCUT2D eigenvalue weighted by atomic mass is 16.7. The van der Waals surface area contributed by atoms with Gasteiger partial charge in [-0.25, -0.2) is 0 Å². The monoisotopic (exact) mass is 548 g/mol. The van der Waals surface area contributed by atoms with Crippen LogP contribution in [0.3, 0.4) is 0 Å². The van der Waals surface area contributed by atoms with Crippen molar-refractivity contribution in [3.05, 3.63) is 24.3 Å². The Bertz CT molecular complexity index is 781. The highest BCUT2D eigenvalue weighted by Gasteiger charge is 2.42. The fourth-order valence-electron chi connectivity index (χ4n) is 5.78. The molecule has 1 saturated carbocycles. The smallest absolute Gasteiger partial charge is 0.306 e. The molecular formula is C32H52O7. The van der Waals surface area contributed by atoms with E-state index in [2.05, 4.69) is 26.0 Å². The minimum absolute atomic E-state index is 0.0534. The van der Waals surface area contributed by atoms with Crippen LogP contribution >= 0.6 is 0 Å². The number of aliphatic carboxylic acids is 1. The van der Waals surface area contributed by atoms with Gasteiger partial charge < -0.3 is 24.1 Å². The number of carbonyl (C=O) groups is 2. The Morgan fingerprint density at radius 2 is 1.77 bits per heavy atom. The molecule has 0 spiro atoms. The average Bonchev–Trinajstić information content (AvgIpc) is 3.23. The van der Waals surface area contributed by atoms with Crippen molar-refractivity contribution in [1.82, 2.24) is 0 Å². The Balaban J connectivity index is 1.72. The number of ether oxygens (including phenoxy) is 4. The molecule has 1 N–H and O–H groups in total. The third kappa shape index (κ3) is 10.8. The number of hydrogen-bond donors (Lipinski definition) is 1. The van der Waals surface area contributed by atoms with Crippen LogP contribution in [0.4, 0.5) is 0 Å². The first-order chi connectivity index (χ1) is 18.9. The van der Waals surface area contributed by atoms with Crippen LogP contribution in [0.2, 0.25) is 0 Å². The zero-order valence-corrected chi connectivity index (χ0v) is 24.4. The first-order valence-corrected chi connectivity index (χ1v) is 15.5. The summed E-state index contributed by atoms with van der Waals surface area (Å²) in [4.78, 5) is 24.3. The minimum atomic E-state index is -0.770. The summed E-state index contributed by atoms with van der Waals surface area (Å²) in [6.45, 7) is 7.64. The van der Waals surface area contributed by atoms with E-state index in [0.717, 1.165) is 64.4 Å². The lowest BCUT2D eigenvalue weighted by atomic mass is 9.88. The topological polar surface area (TPSA) is 91.3 Å². The molecule has 0 aromatic rings. The number of carboxylic acid groups (broad SMARTS) is 1. The molecule has 222 valence electrons. The van der Waals surface area contributed by atoms with E-state index in [0.29, 0.717) is 38.2 Å². The number of carbonyl (C=O) groups excluding carboxylic acids is 1. The summed E-state index contributed by atoms with van der Waals surface area (Å²) >= 11 is 0. The Morgan fingerprint density at radius 1 is 1.05 bits per heavy atom. The van der Waals surface area contributed by atoms with Crippen LogP contribution in [-0.4, -0.2) is 54.9 Å². The van der Waals surface area contributed by atoms with Gasteiger partial charge in [0, 0.05) is 31.5 Å². The van der Waals surface area contributed by atoms with Crippen molar-refractivity contribution in [2.24, 2.45) is 23.7 Å². The first kappa shape index (κ1) is 32.0. The van der Waals surface area contributed by atoms with Crippen molar-refractivity contribution in [2.75, 3.05) is 13.2 Å². The van der Waals surface area contributed by atoms with Gasteiger partial charge in [-0.2, -0.15) is 0 Å². The molecule has 3 aliphatic rings. The summed E-state index contributed by atoms with van der Waals surface area (Å²) in [7, 11) is 0. The van der Waals surface area contributed by atoms with Crippen molar-refractivity contribution >= 4 is 11.8 Å². The van der Waals surface area contributed by atoms with Gasteiger partial charge in [0.05, 0.1) is 18.1 Å². The molecule has 0 aromatic carbocycles. The van der Waals surface area contributed by atoms with Gasteiger partial charge in [0.25, 0.3) is 0 Å². The molecule has 0 bridgehead atoms. The molecule has 2 heterocycles. The normalized spacial score (nSPS) is 30.6. The molecule has 39 heavy (non-hydrogen) atoms. The standard InChI is InChI=1S/C32H52O7/c1-4-5-13-23(2)28(38-30-16-9-11-20-36-30)19-18-26-25(15-8-6-7-14-24(3)32(34)35)27(33)22-29(26)39-31-17-10-12-21-37-31/h6,8,18-19,23-26,28-31H,4-5,7,9-17,20-22H2,1-3H3,(H,34,35)/b8-6-,19-18+/t23-,24?,25+,26+,28-,29+,30?,31?/m0/s1. The highest BCUT2D eigenvalue weighted by Crippen LogP contribution is 2.37. The number of Topliss-reactive ketones (excluding diaryl/α,β-unsaturated/α-hetero) is 1. The molecule has 7 nitrogen and oxygen atoms in total. The Morgan fingerprint density at radius 3 is 2.41 bits per heavy atom. The van der Waals surface area contributed by atoms with Crippen LogP contribution in [0.25, 0.3) is 0 Å². The molecule has 2 aliphatic heterocycles. The first-order valence-electron chi connectivity index (χ1n) is 15.5. The SMILES string of the molecule is CCCC[C@H](C)[C@H](/C=C/[C@H]1[C@H](OC2CCCCO2)CC(=O)[C@@H]1C/C=C\CCC(C)C(=O)O)OC1CCCCO1. The summed E-state index contributed by atoms with van der Waals surface area (Å²) in [6.07, 6.45) is 19.5. The van der Waals surface area contributed by atoms with Crippen molar-refractivity contribution in [2.45, 2.75) is 129 Å². The average molecular weight is 549 g/mol. The van der Waals surface area contributed by atoms with Crippen molar-refractivity contribution in [1.29, 1.82) is 0 Å². The molecule has 0 aromatic heterocycles. The van der Waals surface area contributed by atoms with Gasteiger partial charge in [-0.1, -0.05) is 57.9 Å². The summed E-state index contributed by atoms with van der Waals surface area (Å²) in [5.41, 5.74) is 0. The molecule has 0 radical (unpaired) electrons. The Kier molecular flexibility index (Phi) is 14.2. The molecule has 3 unspecified atom stereocenters. The third-order valence-electron chi connectivity index (χ3n) is 8.46. The van der Waals surface area contributed by atoms with Crippen LogP contribution in [0.1, 0.15) is 104 Å². The number of ketones is 1. The summed E-state index contributed by atoms with van der Waals surface area (Å²) in [5, 5.41) is 9.12. The van der Waals surface area contributed by atoms with E-state index in [9.17, 15) is 9.59 Å². The molecule has 3 rings (SSSR count). The predicted molar refractivity (Wildman–Crippen MR) is 151 cm³/mol. The van der Waals surface area contributed by atoms with Crippen LogP contribution < -0.4 is 0 Å². The van der Waals surface area contributed by atoms with E-state index in [-0.39, 0.29) is 48.3 Å². The van der Waals surface area contributed by atoms with Gasteiger partial charge in [-0.05, 0) is 70.1 Å². The largest absolute Gasteiger partial charge is 0.481 e. The van der Waals surface area contributed by atoms with Crippen LogP contribution in [0.15, 0.2) is 24.3 Å². The zero-order valence-electron chi connectivity index (χ0n) is 24.4. The number of allylic oxidation sites excluding steroid dienone is 2. The number of unbranched alkanes of at least 4 members (excludes halogenated alkanes) is 1. The molecule has 8 atom stereocenters. The van der Waals surface area contributed by atoms with Gasteiger partial charge in [0.15, 0.2) is 12.6 Å². The van der Waals surface area contributed by atoms with Gasteiger partial charge >= 0.3 is 5.97 Å². The lowest BCUT2D eigenvalue weighted by molar-refractivity contribution is -0.193. The fraction of sp³-hybridized carbons (Fsp3) is 0.812. The highest BCUT2D eigenvalue weighted by molar-refractivity contribution is 5.85. The van der Waals surface area contributed by atoms with Crippen molar-refractivity contribution in [3.8, 4) is 0 Å². The van der Waals surface area contributed by atoms with Crippen LogP contribution in [0.5, 0.6) is 0 Å². The maximum absolute atomic E-state index is 13.2. The molecule has 7 heteroatoms. The number of carboxylic acids is 1. The summed E-state index contributed by atoms with van der Waals surface area (Å²) in [5.74, 6) is -0.789. The van der Waals surface area contributed by atoms with E-state index in [4.69, 9.17) is 24.1 Å². The van der Waals surface area contributed by atoms with Gasteiger partial charge in [0.1, 0.15) is 5.78 Å². The molecule has 3 fully saturated rings. The predicted octanol–water partition coefficient (Wildman–Crippen LogP) is 6.84. The Hall–Kier alpha value is -1.54. The van der Waals surface area contributed by atoms with Gasteiger partial charge in [0.2, 0.25) is 0 Å². The van der Waals surface area contributed by atoms with Crippen LogP contribution in [0, 0.1) is 23.7 Å². The second kappa shape index (κ2) is 17.3. The molecule has 2 saturated heterocycles. The lowest BCUT2D eigenvalue weighted by Gasteiger charge is -2.31. The second-order valence-corrected chi connectivity index (χ2v) is 11.7. The van der Waals surface area contributed by atoms with E-state index < -0.39 is 5.97 Å². The van der Waals surface area contributed by atoms with E-state index in [1.807, 2.05) is 12.2 Å².